The van der Waals surface area contributed by atoms with Crippen LogP contribution < -0.4 is 0 Å². The molecule has 0 saturated carbocycles. The first-order chi connectivity index (χ1) is 5.70. The monoisotopic (exact) mass is 176 g/mol. The van der Waals surface area contributed by atoms with E-state index in [4.69, 9.17) is 9.47 Å². The molecule has 3 nitrogen and oxygen atoms in total. The van der Waals surface area contributed by atoms with E-state index < -0.39 is 0 Å². The lowest BCUT2D eigenvalue weighted by atomic mass is 10.2. The largest absolute Gasteiger partial charge is 0.391 e. The van der Waals surface area contributed by atoms with Crippen molar-refractivity contribution in [1.29, 1.82) is 0 Å². The van der Waals surface area contributed by atoms with E-state index in [1.54, 1.807) is 7.11 Å². The van der Waals surface area contributed by atoms with Crippen molar-refractivity contribution >= 4 is 0 Å². The highest BCUT2D eigenvalue weighted by Gasteiger charge is 2.06. The third-order valence-electron chi connectivity index (χ3n) is 1.60. The fourth-order valence-electron chi connectivity index (χ4n) is 0.975. The maximum atomic E-state index is 9.30. The van der Waals surface area contributed by atoms with Crippen molar-refractivity contribution in [2.24, 2.45) is 0 Å². The summed E-state index contributed by atoms with van der Waals surface area (Å²) >= 11 is 0. The van der Waals surface area contributed by atoms with Crippen LogP contribution in [0.3, 0.4) is 0 Å². The summed E-state index contributed by atoms with van der Waals surface area (Å²) in [5.74, 6) is 0. The molecule has 0 radical (unpaired) electrons. The molecule has 2 atom stereocenters. The molecule has 2 unspecified atom stereocenters. The first kappa shape index (κ1) is 11.9. The molecular formula is C9H20O3. The Kier molecular flexibility index (Phi) is 7.45. The number of aliphatic hydroxyl groups is 1. The third kappa shape index (κ3) is 6.58. The Morgan fingerprint density at radius 1 is 1.33 bits per heavy atom. The lowest BCUT2D eigenvalue weighted by Gasteiger charge is -2.14. The summed E-state index contributed by atoms with van der Waals surface area (Å²) < 4.78 is 10.2. The van der Waals surface area contributed by atoms with E-state index in [2.05, 4.69) is 0 Å². The zero-order valence-corrected chi connectivity index (χ0v) is 8.25. The minimum atomic E-state index is -0.325. The van der Waals surface area contributed by atoms with Gasteiger partial charge in [0.2, 0.25) is 0 Å². The second-order valence-electron chi connectivity index (χ2n) is 3.04. The second-order valence-corrected chi connectivity index (χ2v) is 3.04. The van der Waals surface area contributed by atoms with Crippen molar-refractivity contribution in [2.45, 2.75) is 38.9 Å². The van der Waals surface area contributed by atoms with Crippen molar-refractivity contribution in [3.05, 3.63) is 0 Å². The van der Waals surface area contributed by atoms with E-state index in [-0.39, 0.29) is 12.2 Å². The molecule has 0 aliphatic rings. The third-order valence-corrected chi connectivity index (χ3v) is 1.60. The maximum absolute atomic E-state index is 9.30. The summed E-state index contributed by atoms with van der Waals surface area (Å²) in [6.07, 6.45) is 1.54. The Balaban J connectivity index is 3.27. The highest BCUT2D eigenvalue weighted by Crippen LogP contribution is 1.99. The minimum absolute atomic E-state index is 0.0708. The van der Waals surface area contributed by atoms with E-state index in [1.807, 2.05) is 13.8 Å². The molecule has 0 aromatic rings. The SMILES string of the molecule is CCCC(O)COC(C)COC. The molecule has 0 rings (SSSR count). The van der Waals surface area contributed by atoms with E-state index in [9.17, 15) is 5.11 Å². The van der Waals surface area contributed by atoms with Crippen LogP contribution in [0.4, 0.5) is 0 Å². The summed E-state index contributed by atoms with van der Waals surface area (Å²) in [5.41, 5.74) is 0. The van der Waals surface area contributed by atoms with Gasteiger partial charge in [-0.1, -0.05) is 13.3 Å². The fourth-order valence-corrected chi connectivity index (χ4v) is 0.975. The van der Waals surface area contributed by atoms with Crippen LogP contribution in [-0.4, -0.2) is 37.6 Å². The molecule has 0 amide bonds. The number of ether oxygens (including phenoxy) is 2. The van der Waals surface area contributed by atoms with Crippen molar-refractivity contribution in [3.8, 4) is 0 Å². The second kappa shape index (κ2) is 7.53. The molecule has 12 heavy (non-hydrogen) atoms. The molecule has 3 heteroatoms. The van der Waals surface area contributed by atoms with Gasteiger partial charge in [0.15, 0.2) is 0 Å². The van der Waals surface area contributed by atoms with Gasteiger partial charge in [-0.15, -0.1) is 0 Å². The number of rotatable bonds is 7. The van der Waals surface area contributed by atoms with Gasteiger partial charge in [0.05, 0.1) is 25.4 Å². The molecule has 0 aliphatic carbocycles. The van der Waals surface area contributed by atoms with Crippen LogP contribution >= 0.6 is 0 Å². The predicted molar refractivity (Wildman–Crippen MR) is 48.2 cm³/mol. The van der Waals surface area contributed by atoms with Gasteiger partial charge in [0.1, 0.15) is 0 Å². The molecule has 0 bridgehead atoms. The van der Waals surface area contributed by atoms with Crippen molar-refractivity contribution in [3.63, 3.8) is 0 Å². The van der Waals surface area contributed by atoms with Crippen molar-refractivity contribution in [2.75, 3.05) is 20.3 Å². The van der Waals surface area contributed by atoms with Crippen LogP contribution in [-0.2, 0) is 9.47 Å². The first-order valence-corrected chi connectivity index (χ1v) is 4.49. The van der Waals surface area contributed by atoms with E-state index in [0.29, 0.717) is 13.2 Å². The smallest absolute Gasteiger partial charge is 0.0781 e. The van der Waals surface area contributed by atoms with Crippen LogP contribution in [0.2, 0.25) is 0 Å². The van der Waals surface area contributed by atoms with Gasteiger partial charge in [-0.3, -0.25) is 0 Å². The highest BCUT2D eigenvalue weighted by molar-refractivity contribution is 4.54. The minimum Gasteiger partial charge on any atom is -0.391 e. The van der Waals surface area contributed by atoms with E-state index in [1.165, 1.54) is 0 Å². The number of hydrogen-bond donors (Lipinski definition) is 1. The molecule has 0 fully saturated rings. The molecule has 0 aliphatic heterocycles. The van der Waals surface area contributed by atoms with Crippen LogP contribution in [0, 0.1) is 0 Å². The van der Waals surface area contributed by atoms with Gasteiger partial charge in [0.25, 0.3) is 0 Å². The van der Waals surface area contributed by atoms with E-state index in [0.717, 1.165) is 12.8 Å². The molecule has 0 aromatic heterocycles. The predicted octanol–water partition coefficient (Wildman–Crippen LogP) is 1.20. The Morgan fingerprint density at radius 3 is 2.50 bits per heavy atom. The fraction of sp³-hybridized carbons (Fsp3) is 1.00. The van der Waals surface area contributed by atoms with Gasteiger partial charge in [-0.25, -0.2) is 0 Å². The van der Waals surface area contributed by atoms with Crippen LogP contribution in [0.1, 0.15) is 26.7 Å². The zero-order chi connectivity index (χ0) is 9.40. The normalized spacial score (nSPS) is 16.0. The van der Waals surface area contributed by atoms with Crippen molar-refractivity contribution < 1.29 is 14.6 Å². The lowest BCUT2D eigenvalue weighted by molar-refractivity contribution is -0.0336. The van der Waals surface area contributed by atoms with Crippen LogP contribution in [0.5, 0.6) is 0 Å². The van der Waals surface area contributed by atoms with Gasteiger partial charge in [0, 0.05) is 7.11 Å². The Morgan fingerprint density at radius 2 is 2.00 bits per heavy atom. The van der Waals surface area contributed by atoms with Crippen molar-refractivity contribution in [1.82, 2.24) is 0 Å². The molecule has 1 N–H and O–H groups in total. The first-order valence-electron chi connectivity index (χ1n) is 4.49. The van der Waals surface area contributed by atoms with Gasteiger partial charge in [-0.2, -0.15) is 0 Å². The topological polar surface area (TPSA) is 38.7 Å². The maximum Gasteiger partial charge on any atom is 0.0781 e. The molecule has 74 valence electrons. The average molecular weight is 176 g/mol. The Bertz CT molecular complexity index is 83.8. The molecule has 0 saturated heterocycles. The molecule has 0 spiro atoms. The zero-order valence-electron chi connectivity index (χ0n) is 8.25. The summed E-state index contributed by atoms with van der Waals surface area (Å²) in [4.78, 5) is 0. The summed E-state index contributed by atoms with van der Waals surface area (Å²) in [6.45, 7) is 4.97. The van der Waals surface area contributed by atoms with Gasteiger partial charge >= 0.3 is 0 Å². The standard InChI is InChI=1S/C9H20O3/c1-4-5-9(10)7-12-8(2)6-11-3/h8-10H,4-7H2,1-3H3. The quantitative estimate of drug-likeness (QED) is 0.633. The summed E-state index contributed by atoms with van der Waals surface area (Å²) in [6, 6.07) is 0. The summed E-state index contributed by atoms with van der Waals surface area (Å²) in [7, 11) is 1.64. The molecule has 0 aromatic carbocycles. The number of aliphatic hydroxyl groups excluding tert-OH is 1. The number of hydrogen-bond acceptors (Lipinski definition) is 3. The van der Waals surface area contributed by atoms with Crippen LogP contribution in [0.25, 0.3) is 0 Å². The van der Waals surface area contributed by atoms with Crippen LogP contribution in [0.15, 0.2) is 0 Å². The summed E-state index contributed by atoms with van der Waals surface area (Å²) in [5, 5.41) is 9.30. The number of methoxy groups -OCH3 is 1. The molecule has 0 heterocycles. The van der Waals surface area contributed by atoms with Gasteiger partial charge in [-0.05, 0) is 13.3 Å². The van der Waals surface area contributed by atoms with Gasteiger partial charge < -0.3 is 14.6 Å². The lowest BCUT2D eigenvalue weighted by Crippen LogP contribution is -2.22. The highest BCUT2D eigenvalue weighted by atomic mass is 16.5. The van der Waals surface area contributed by atoms with E-state index >= 15 is 0 Å². The Hall–Kier alpha value is -0.120. The molecular weight excluding hydrogens is 156 g/mol. The average Bonchev–Trinajstić information content (AvgIpc) is 2.02. The Labute approximate surface area is 74.7 Å².